The maximum atomic E-state index is 13.0. The number of β-amino-alcohol motifs (C(OH)–C–C–N with tert-alkyl or cyclic N) is 1. The number of amides is 2. The molecule has 1 saturated heterocycles. The Balaban J connectivity index is 1.89. The zero-order valence-corrected chi connectivity index (χ0v) is 15.1. The van der Waals surface area contributed by atoms with Crippen molar-refractivity contribution >= 4 is 12.0 Å². The Labute approximate surface area is 163 Å². The van der Waals surface area contributed by atoms with Crippen LogP contribution >= 0.6 is 0 Å². The summed E-state index contributed by atoms with van der Waals surface area (Å²) in [7, 11) is 0. The van der Waals surface area contributed by atoms with E-state index in [1.165, 1.54) is 24.3 Å². The number of nitrogens with one attached hydrogen (secondary N) is 2. The Morgan fingerprint density at radius 3 is 2.62 bits per heavy atom. The quantitative estimate of drug-likeness (QED) is 0.472. The molecule has 2 amide bonds. The minimum atomic E-state index is -1.30. The van der Waals surface area contributed by atoms with E-state index in [1.807, 2.05) is 0 Å². The minimum Gasteiger partial charge on any atom is -0.465 e. The minimum absolute atomic E-state index is 0.00432. The largest absolute Gasteiger partial charge is 0.465 e. The van der Waals surface area contributed by atoms with E-state index >= 15 is 0 Å². The van der Waals surface area contributed by atoms with Crippen LogP contribution in [0.15, 0.2) is 29.1 Å². The second-order valence-corrected chi connectivity index (χ2v) is 6.59. The molecule has 154 valence electrons. The molecule has 1 aliphatic rings. The van der Waals surface area contributed by atoms with Gasteiger partial charge in [0.05, 0.1) is 30.9 Å². The van der Waals surface area contributed by atoms with Gasteiger partial charge in [0.1, 0.15) is 17.3 Å². The van der Waals surface area contributed by atoms with Gasteiger partial charge in [-0.15, -0.1) is 0 Å². The zero-order chi connectivity index (χ0) is 21.1. The summed E-state index contributed by atoms with van der Waals surface area (Å²) in [4.78, 5) is 43.7. The third kappa shape index (κ3) is 4.41. The van der Waals surface area contributed by atoms with Gasteiger partial charge in [-0.25, -0.2) is 14.2 Å². The van der Waals surface area contributed by atoms with Gasteiger partial charge >= 0.3 is 6.09 Å². The van der Waals surface area contributed by atoms with Gasteiger partial charge in [-0.2, -0.15) is 0 Å². The molecule has 2 heterocycles. The monoisotopic (exact) mass is 406 g/mol. The fourth-order valence-corrected chi connectivity index (χ4v) is 3.16. The van der Waals surface area contributed by atoms with Crippen molar-refractivity contribution in [2.45, 2.75) is 31.7 Å². The maximum Gasteiger partial charge on any atom is 0.408 e. The topological polar surface area (TPSA) is 156 Å². The van der Waals surface area contributed by atoms with Gasteiger partial charge in [-0.1, -0.05) is 12.1 Å². The normalized spacial score (nSPS) is 18.7. The molecule has 11 heteroatoms. The number of carboxylic acid groups (broad SMARTS) is 1. The molecule has 1 fully saturated rings. The number of nitrogens with zero attached hydrogens (tertiary/aromatic N) is 2. The van der Waals surface area contributed by atoms with Crippen LogP contribution in [0.2, 0.25) is 0 Å². The average Bonchev–Trinajstić information content (AvgIpc) is 3.09. The molecule has 0 radical (unpaired) electrons. The molecular formula is C18H19FN4O6. The van der Waals surface area contributed by atoms with E-state index in [4.69, 9.17) is 0 Å². The zero-order valence-electron chi connectivity index (χ0n) is 15.1. The lowest BCUT2D eigenvalue weighted by Crippen LogP contribution is -2.34. The fraction of sp³-hybridized carbons (Fsp3) is 0.333. The van der Waals surface area contributed by atoms with Gasteiger partial charge in [0, 0.05) is 13.0 Å². The Bertz CT molecular complexity index is 977. The first-order chi connectivity index (χ1) is 13.8. The fourth-order valence-electron chi connectivity index (χ4n) is 3.16. The summed E-state index contributed by atoms with van der Waals surface area (Å²) in [6.45, 7) is -0.882. The summed E-state index contributed by atoms with van der Waals surface area (Å²) in [6, 6.07) is 4.48. The summed E-state index contributed by atoms with van der Waals surface area (Å²) in [5.41, 5.74) is -0.798. The number of likely N-dealkylation sites (tertiary alicyclic amines) is 1. The lowest BCUT2D eigenvalue weighted by Gasteiger charge is -2.21. The van der Waals surface area contributed by atoms with Gasteiger partial charge < -0.3 is 25.6 Å². The third-order valence-electron chi connectivity index (χ3n) is 4.61. The molecular weight excluding hydrogens is 387 g/mol. The highest BCUT2D eigenvalue weighted by atomic mass is 19.1. The number of benzene rings is 1. The van der Waals surface area contributed by atoms with Crippen LogP contribution in [0.3, 0.4) is 0 Å². The number of carbonyl (C=O) groups is 2. The molecule has 2 atom stereocenters. The van der Waals surface area contributed by atoms with Gasteiger partial charge in [-0.3, -0.25) is 14.5 Å². The predicted octanol–water partition coefficient (Wildman–Crippen LogP) is 0.117. The molecule has 0 spiro atoms. The molecule has 0 unspecified atom stereocenters. The van der Waals surface area contributed by atoms with Crippen LogP contribution in [0.5, 0.6) is 0 Å². The first kappa shape index (κ1) is 20.4. The van der Waals surface area contributed by atoms with Gasteiger partial charge in [0.2, 0.25) is 0 Å². The van der Waals surface area contributed by atoms with Crippen molar-refractivity contribution < 1.29 is 29.3 Å². The number of aromatic amines is 1. The molecule has 1 aromatic heterocycles. The van der Waals surface area contributed by atoms with Gasteiger partial charge in [-0.05, 0) is 17.7 Å². The van der Waals surface area contributed by atoms with Crippen molar-refractivity contribution in [3.63, 3.8) is 0 Å². The highest BCUT2D eigenvalue weighted by Gasteiger charge is 2.37. The molecule has 0 aliphatic carbocycles. The van der Waals surface area contributed by atoms with E-state index < -0.39 is 42.1 Å². The molecule has 29 heavy (non-hydrogen) atoms. The third-order valence-corrected chi connectivity index (χ3v) is 4.61. The molecule has 0 bridgehead atoms. The standard InChI is InChI=1S/C18H19FN4O6/c19-10-3-1-9(2-4-10)6-20-17(27)14-12(8-24)16(26)22-15(21-14)13-5-11(25)7-23(13)18(28)29/h1-4,11,13,24-25H,5-8H2,(H,20,27)(H,28,29)(H,21,22,26)/t11-,13+/m1/s1. The van der Waals surface area contributed by atoms with E-state index in [-0.39, 0.29) is 36.6 Å². The second kappa shape index (κ2) is 8.37. The predicted molar refractivity (Wildman–Crippen MR) is 96.4 cm³/mol. The highest BCUT2D eigenvalue weighted by Crippen LogP contribution is 2.30. The number of aliphatic hydroxyl groups excluding tert-OH is 2. The van der Waals surface area contributed by atoms with Crippen LogP contribution in [0.4, 0.5) is 9.18 Å². The molecule has 10 nitrogen and oxygen atoms in total. The number of aromatic nitrogens is 2. The van der Waals surface area contributed by atoms with Crippen molar-refractivity contribution in [2.75, 3.05) is 6.54 Å². The number of halogens is 1. The van der Waals surface area contributed by atoms with Crippen molar-refractivity contribution in [3.05, 3.63) is 63.1 Å². The number of carbonyl (C=O) groups excluding carboxylic acids is 1. The lowest BCUT2D eigenvalue weighted by atomic mass is 10.1. The molecule has 3 rings (SSSR count). The van der Waals surface area contributed by atoms with Crippen LogP contribution in [0.25, 0.3) is 0 Å². The SMILES string of the molecule is O=C(NCc1ccc(F)cc1)c1nc([C@@H]2C[C@@H](O)CN2C(=O)O)[nH]c(=O)c1CO. The first-order valence-corrected chi connectivity index (χ1v) is 8.74. The van der Waals surface area contributed by atoms with Crippen molar-refractivity contribution in [1.82, 2.24) is 20.2 Å². The van der Waals surface area contributed by atoms with Crippen LogP contribution in [-0.4, -0.2) is 54.8 Å². The first-order valence-electron chi connectivity index (χ1n) is 8.74. The molecule has 0 saturated carbocycles. The number of aliphatic hydroxyl groups is 2. The highest BCUT2D eigenvalue weighted by molar-refractivity contribution is 5.93. The number of hydrogen-bond donors (Lipinski definition) is 5. The van der Waals surface area contributed by atoms with E-state index in [9.17, 15) is 34.1 Å². The number of hydrogen-bond acceptors (Lipinski definition) is 6. The number of rotatable bonds is 5. The average molecular weight is 406 g/mol. The summed E-state index contributed by atoms with van der Waals surface area (Å²) in [5, 5.41) is 31.1. The van der Waals surface area contributed by atoms with Crippen LogP contribution in [0.1, 0.15) is 39.9 Å². The van der Waals surface area contributed by atoms with E-state index in [1.54, 1.807) is 0 Å². The Morgan fingerprint density at radius 1 is 1.31 bits per heavy atom. The molecule has 1 aromatic carbocycles. The van der Waals surface area contributed by atoms with Crippen LogP contribution in [-0.2, 0) is 13.2 Å². The van der Waals surface area contributed by atoms with E-state index in [0.29, 0.717) is 5.56 Å². The van der Waals surface area contributed by atoms with Gasteiger partial charge in [0.15, 0.2) is 0 Å². The Kier molecular flexibility index (Phi) is 5.89. The summed E-state index contributed by atoms with van der Waals surface area (Å²) in [5.74, 6) is -1.28. The summed E-state index contributed by atoms with van der Waals surface area (Å²) < 4.78 is 13.0. The Hall–Kier alpha value is -3.31. The molecule has 2 aromatic rings. The van der Waals surface area contributed by atoms with E-state index in [2.05, 4.69) is 15.3 Å². The van der Waals surface area contributed by atoms with Crippen LogP contribution < -0.4 is 10.9 Å². The van der Waals surface area contributed by atoms with E-state index in [0.717, 1.165) is 4.90 Å². The lowest BCUT2D eigenvalue weighted by molar-refractivity contribution is 0.0941. The molecule has 1 aliphatic heterocycles. The van der Waals surface area contributed by atoms with Crippen LogP contribution in [0, 0.1) is 5.82 Å². The second-order valence-electron chi connectivity index (χ2n) is 6.59. The van der Waals surface area contributed by atoms with Crippen molar-refractivity contribution in [3.8, 4) is 0 Å². The molecule has 5 N–H and O–H groups in total. The summed E-state index contributed by atoms with van der Waals surface area (Å²) in [6.07, 6.45) is -2.23. The maximum absolute atomic E-state index is 13.0. The van der Waals surface area contributed by atoms with Crippen molar-refractivity contribution in [2.24, 2.45) is 0 Å². The summed E-state index contributed by atoms with van der Waals surface area (Å²) >= 11 is 0. The van der Waals surface area contributed by atoms with Crippen molar-refractivity contribution in [1.29, 1.82) is 0 Å². The number of H-pyrrole nitrogens is 1. The Morgan fingerprint density at radius 2 is 2.00 bits per heavy atom. The smallest absolute Gasteiger partial charge is 0.408 e. The van der Waals surface area contributed by atoms with Gasteiger partial charge in [0.25, 0.3) is 11.5 Å².